The lowest BCUT2D eigenvalue weighted by Gasteiger charge is -2.21. The van der Waals surface area contributed by atoms with E-state index in [0.717, 1.165) is 31.0 Å². The van der Waals surface area contributed by atoms with Gasteiger partial charge in [-0.05, 0) is 31.6 Å². The number of rotatable bonds is 6. The van der Waals surface area contributed by atoms with Crippen LogP contribution < -0.4 is 4.72 Å². The normalized spacial score (nSPS) is 26.1. The Morgan fingerprint density at radius 1 is 1.26 bits per heavy atom. The van der Waals surface area contributed by atoms with E-state index < -0.39 is 10.2 Å². The monoisotopic (exact) mass is 339 g/mol. The molecule has 0 unspecified atom stereocenters. The number of aryl methyl sites for hydroxylation is 1. The maximum absolute atomic E-state index is 12.2. The third-order valence-electron chi connectivity index (χ3n) is 4.81. The molecular weight excluding hydrogens is 314 g/mol. The van der Waals surface area contributed by atoms with Crippen molar-refractivity contribution in [3.8, 4) is 0 Å². The first-order valence-electron chi connectivity index (χ1n) is 8.05. The number of likely N-dealkylation sites (tertiary alicyclic amines) is 1. The zero-order chi connectivity index (χ0) is 16.6. The smallest absolute Gasteiger partial charge is 0.279 e. The Kier molecular flexibility index (Phi) is 4.68. The number of nitrogens with one attached hydrogen (secondary N) is 1. The Morgan fingerprint density at radius 2 is 1.96 bits per heavy atom. The van der Waals surface area contributed by atoms with Gasteiger partial charge >= 0.3 is 0 Å². The third kappa shape index (κ3) is 3.88. The van der Waals surface area contributed by atoms with Crippen molar-refractivity contribution < 1.29 is 8.42 Å². The first-order valence-corrected chi connectivity index (χ1v) is 9.49. The Labute approximate surface area is 138 Å². The lowest BCUT2D eigenvalue weighted by molar-refractivity contribution is 0.305. The molecule has 23 heavy (non-hydrogen) atoms. The molecule has 0 bridgehead atoms. The summed E-state index contributed by atoms with van der Waals surface area (Å²) in [6.45, 7) is 4.33. The summed E-state index contributed by atoms with van der Waals surface area (Å²) < 4.78 is 28.5. The van der Waals surface area contributed by atoms with Crippen LogP contribution in [-0.2, 0) is 16.8 Å². The molecule has 2 heterocycles. The first kappa shape index (κ1) is 16.8. The molecular formula is C15H25N5O2S. The fourth-order valence-corrected chi connectivity index (χ4v) is 4.11. The van der Waals surface area contributed by atoms with E-state index in [4.69, 9.17) is 0 Å². The molecule has 7 nitrogen and oxygen atoms in total. The van der Waals surface area contributed by atoms with E-state index in [9.17, 15) is 8.42 Å². The van der Waals surface area contributed by atoms with Crippen LogP contribution in [-0.4, -0.2) is 60.8 Å². The van der Waals surface area contributed by atoms with Gasteiger partial charge in [0.25, 0.3) is 10.2 Å². The van der Waals surface area contributed by atoms with E-state index in [-0.39, 0.29) is 6.04 Å². The predicted molar refractivity (Wildman–Crippen MR) is 87.8 cm³/mol. The second kappa shape index (κ2) is 6.43. The van der Waals surface area contributed by atoms with Crippen LogP contribution in [0, 0.1) is 18.8 Å². The molecule has 0 aromatic carbocycles. The highest BCUT2D eigenvalue weighted by molar-refractivity contribution is 7.87. The standard InChI is InChI=1S/C15H25N5O2S/c1-11-14(17-7-6-16-11)9-20-8-13(12-4-5-12)15(10-20)18-23(21,22)19(2)3/h6-7,12-13,15,18H,4-5,8-10H2,1-3H3/t13-,15+/m0/s1. The van der Waals surface area contributed by atoms with Crippen LogP contribution in [0.25, 0.3) is 0 Å². The molecule has 8 heteroatoms. The van der Waals surface area contributed by atoms with Gasteiger partial charge in [-0.2, -0.15) is 17.4 Å². The number of nitrogens with zero attached hydrogens (tertiary/aromatic N) is 4. The zero-order valence-corrected chi connectivity index (χ0v) is 14.8. The average Bonchev–Trinajstić information content (AvgIpc) is 3.24. The predicted octanol–water partition coefficient (Wildman–Crippen LogP) is 0.391. The van der Waals surface area contributed by atoms with E-state index >= 15 is 0 Å². The molecule has 1 N–H and O–H groups in total. The summed E-state index contributed by atoms with van der Waals surface area (Å²) in [5.74, 6) is 1.04. The minimum atomic E-state index is -3.40. The van der Waals surface area contributed by atoms with Gasteiger partial charge in [-0.3, -0.25) is 14.9 Å². The van der Waals surface area contributed by atoms with Crippen molar-refractivity contribution in [3.63, 3.8) is 0 Å². The van der Waals surface area contributed by atoms with Gasteiger partial charge in [-0.25, -0.2) is 0 Å². The van der Waals surface area contributed by atoms with Crippen LogP contribution in [0.1, 0.15) is 24.2 Å². The van der Waals surface area contributed by atoms with Gasteiger partial charge in [0.1, 0.15) is 0 Å². The minimum Gasteiger partial charge on any atom is -0.296 e. The lowest BCUT2D eigenvalue weighted by atomic mass is 9.99. The van der Waals surface area contributed by atoms with Crippen molar-refractivity contribution in [3.05, 3.63) is 23.8 Å². The fraction of sp³-hybridized carbons (Fsp3) is 0.733. The van der Waals surface area contributed by atoms with Crippen LogP contribution in [0.15, 0.2) is 12.4 Å². The van der Waals surface area contributed by atoms with Crippen LogP contribution >= 0.6 is 0 Å². The van der Waals surface area contributed by atoms with E-state index in [0.29, 0.717) is 11.8 Å². The van der Waals surface area contributed by atoms with Crippen LogP contribution in [0.4, 0.5) is 0 Å². The molecule has 1 aliphatic carbocycles. The fourth-order valence-electron chi connectivity index (χ4n) is 3.27. The van der Waals surface area contributed by atoms with Crippen molar-refractivity contribution in [2.45, 2.75) is 32.4 Å². The van der Waals surface area contributed by atoms with Crippen LogP contribution in [0.5, 0.6) is 0 Å². The molecule has 2 fully saturated rings. The average molecular weight is 339 g/mol. The second-order valence-electron chi connectivity index (χ2n) is 6.80. The summed E-state index contributed by atoms with van der Waals surface area (Å²) in [6, 6.07) is -0.0214. The van der Waals surface area contributed by atoms with Crippen molar-refractivity contribution >= 4 is 10.2 Å². The quantitative estimate of drug-likeness (QED) is 0.811. The zero-order valence-electron chi connectivity index (χ0n) is 13.9. The van der Waals surface area contributed by atoms with Gasteiger partial charge in [-0.15, -0.1) is 0 Å². The maximum atomic E-state index is 12.2. The Hall–Kier alpha value is -1.09. The van der Waals surface area contributed by atoms with Crippen LogP contribution in [0.2, 0.25) is 0 Å². The molecule has 1 aromatic heterocycles. The summed E-state index contributed by atoms with van der Waals surface area (Å²) in [5, 5.41) is 0. The van der Waals surface area contributed by atoms with Gasteiger partial charge in [0, 0.05) is 52.2 Å². The van der Waals surface area contributed by atoms with Gasteiger partial charge < -0.3 is 0 Å². The molecule has 1 saturated heterocycles. The third-order valence-corrected chi connectivity index (χ3v) is 6.37. The van der Waals surface area contributed by atoms with E-state index in [1.807, 2.05) is 6.92 Å². The summed E-state index contributed by atoms with van der Waals surface area (Å²) in [7, 11) is -0.277. The van der Waals surface area contributed by atoms with Gasteiger partial charge in [0.15, 0.2) is 0 Å². The molecule has 2 aliphatic rings. The summed E-state index contributed by atoms with van der Waals surface area (Å²) in [4.78, 5) is 11.0. The van der Waals surface area contributed by atoms with Crippen LogP contribution in [0.3, 0.4) is 0 Å². The Balaban J connectivity index is 1.70. The van der Waals surface area contributed by atoms with Crippen molar-refractivity contribution in [2.24, 2.45) is 11.8 Å². The minimum absolute atomic E-state index is 0.0214. The summed E-state index contributed by atoms with van der Waals surface area (Å²) >= 11 is 0. The van der Waals surface area contributed by atoms with Gasteiger partial charge in [0.2, 0.25) is 0 Å². The first-order chi connectivity index (χ1) is 10.9. The molecule has 1 aliphatic heterocycles. The largest absolute Gasteiger partial charge is 0.296 e. The van der Waals surface area contributed by atoms with E-state index in [1.54, 1.807) is 26.5 Å². The van der Waals surface area contributed by atoms with Gasteiger partial charge in [-0.1, -0.05) is 0 Å². The maximum Gasteiger partial charge on any atom is 0.279 e. The number of hydrogen-bond acceptors (Lipinski definition) is 5. The lowest BCUT2D eigenvalue weighted by Crippen LogP contribution is -2.46. The molecule has 1 aromatic rings. The molecule has 0 radical (unpaired) electrons. The van der Waals surface area contributed by atoms with Gasteiger partial charge in [0.05, 0.1) is 11.4 Å². The highest BCUT2D eigenvalue weighted by Gasteiger charge is 2.44. The van der Waals surface area contributed by atoms with Crippen molar-refractivity contribution in [2.75, 3.05) is 27.2 Å². The summed E-state index contributed by atoms with van der Waals surface area (Å²) in [6.07, 6.45) is 5.83. The molecule has 128 valence electrons. The Bertz CT molecular complexity index is 660. The molecule has 0 spiro atoms. The second-order valence-corrected chi connectivity index (χ2v) is 8.71. The molecule has 1 saturated carbocycles. The van der Waals surface area contributed by atoms with E-state index in [2.05, 4.69) is 19.6 Å². The van der Waals surface area contributed by atoms with Crippen molar-refractivity contribution in [1.29, 1.82) is 0 Å². The molecule has 0 amide bonds. The van der Waals surface area contributed by atoms with E-state index in [1.165, 1.54) is 17.1 Å². The Morgan fingerprint density at radius 3 is 2.57 bits per heavy atom. The highest BCUT2D eigenvalue weighted by atomic mass is 32.2. The topological polar surface area (TPSA) is 78.4 Å². The highest BCUT2D eigenvalue weighted by Crippen LogP contribution is 2.41. The molecule has 2 atom stereocenters. The number of hydrogen-bond donors (Lipinski definition) is 1. The number of aromatic nitrogens is 2. The SMILES string of the molecule is Cc1nccnc1CN1C[C@@H](NS(=O)(=O)N(C)C)[C@H](C2CC2)C1. The van der Waals surface area contributed by atoms with Crippen molar-refractivity contribution in [1.82, 2.24) is 23.9 Å². The molecule has 3 rings (SSSR count). The summed E-state index contributed by atoms with van der Waals surface area (Å²) in [5.41, 5.74) is 1.91.